The molecule has 80 valence electrons. The number of cyclic esters (lactones) is 2. The van der Waals surface area contributed by atoms with E-state index in [1.54, 1.807) is 0 Å². The van der Waals surface area contributed by atoms with Gasteiger partial charge in [0.05, 0.1) is 12.8 Å². The van der Waals surface area contributed by atoms with Crippen molar-refractivity contribution in [2.75, 3.05) is 0 Å². The van der Waals surface area contributed by atoms with E-state index >= 15 is 0 Å². The molecule has 0 unspecified atom stereocenters. The van der Waals surface area contributed by atoms with Gasteiger partial charge in [-0.3, -0.25) is 9.59 Å². The zero-order valence-electron chi connectivity index (χ0n) is 8.97. The summed E-state index contributed by atoms with van der Waals surface area (Å²) >= 11 is 0. The molecule has 0 aliphatic carbocycles. The normalized spacial score (nSPS) is 20.7. The topological polar surface area (TPSA) is 43.4 Å². The van der Waals surface area contributed by atoms with E-state index in [0.29, 0.717) is 12.8 Å². The van der Waals surface area contributed by atoms with Gasteiger partial charge < -0.3 is 4.74 Å². The summed E-state index contributed by atoms with van der Waals surface area (Å²) in [6.07, 6.45) is 5.15. The predicted molar refractivity (Wildman–Crippen MR) is 52.6 cm³/mol. The SMILES string of the molecule is CCCCCC1(C)CC(=O)OC(=O)C1. The van der Waals surface area contributed by atoms with Crippen molar-refractivity contribution in [3.05, 3.63) is 0 Å². The molecule has 1 saturated heterocycles. The summed E-state index contributed by atoms with van der Waals surface area (Å²) in [5, 5.41) is 0. The first-order valence-corrected chi connectivity index (χ1v) is 5.29. The highest BCUT2D eigenvalue weighted by molar-refractivity contribution is 5.89. The molecule has 0 aromatic rings. The largest absolute Gasteiger partial charge is 0.393 e. The summed E-state index contributed by atoms with van der Waals surface area (Å²) in [4.78, 5) is 22.2. The summed E-state index contributed by atoms with van der Waals surface area (Å²) in [6, 6.07) is 0. The van der Waals surface area contributed by atoms with Gasteiger partial charge in [-0.1, -0.05) is 33.1 Å². The number of carbonyl (C=O) groups is 2. The van der Waals surface area contributed by atoms with Crippen LogP contribution in [0.15, 0.2) is 0 Å². The molecule has 14 heavy (non-hydrogen) atoms. The van der Waals surface area contributed by atoms with Crippen LogP contribution in [0.5, 0.6) is 0 Å². The smallest absolute Gasteiger partial charge is 0.314 e. The van der Waals surface area contributed by atoms with E-state index < -0.39 is 0 Å². The van der Waals surface area contributed by atoms with Gasteiger partial charge >= 0.3 is 11.9 Å². The fraction of sp³-hybridized carbons (Fsp3) is 0.818. The summed E-state index contributed by atoms with van der Waals surface area (Å²) in [5.41, 5.74) is -0.151. The van der Waals surface area contributed by atoms with Gasteiger partial charge in [0.2, 0.25) is 0 Å². The van der Waals surface area contributed by atoms with Crippen molar-refractivity contribution in [3.63, 3.8) is 0 Å². The van der Waals surface area contributed by atoms with Crippen LogP contribution in [-0.4, -0.2) is 11.9 Å². The van der Waals surface area contributed by atoms with Crippen molar-refractivity contribution in [3.8, 4) is 0 Å². The highest BCUT2D eigenvalue weighted by Crippen LogP contribution is 2.36. The Morgan fingerprint density at radius 3 is 2.29 bits per heavy atom. The Bertz CT molecular complexity index is 217. The van der Waals surface area contributed by atoms with Crippen LogP contribution in [0.2, 0.25) is 0 Å². The van der Waals surface area contributed by atoms with E-state index in [2.05, 4.69) is 11.7 Å². The van der Waals surface area contributed by atoms with Gasteiger partial charge in [-0.05, 0) is 11.8 Å². The van der Waals surface area contributed by atoms with Crippen LogP contribution < -0.4 is 0 Å². The average Bonchev–Trinajstić information content (AvgIpc) is 2.01. The van der Waals surface area contributed by atoms with Crippen LogP contribution in [0, 0.1) is 5.41 Å². The second-order valence-electron chi connectivity index (χ2n) is 4.47. The van der Waals surface area contributed by atoms with Gasteiger partial charge in [0.25, 0.3) is 0 Å². The van der Waals surface area contributed by atoms with E-state index in [4.69, 9.17) is 0 Å². The molecular weight excluding hydrogens is 180 g/mol. The summed E-state index contributed by atoms with van der Waals surface area (Å²) in [6.45, 7) is 4.14. The minimum atomic E-state index is -0.361. The highest BCUT2D eigenvalue weighted by atomic mass is 16.6. The molecule has 1 aliphatic rings. The lowest BCUT2D eigenvalue weighted by atomic mass is 9.77. The van der Waals surface area contributed by atoms with Crippen molar-refractivity contribution in [1.29, 1.82) is 0 Å². The summed E-state index contributed by atoms with van der Waals surface area (Å²) in [7, 11) is 0. The molecule has 0 aromatic carbocycles. The summed E-state index contributed by atoms with van der Waals surface area (Å²) in [5.74, 6) is -0.722. The lowest BCUT2D eigenvalue weighted by molar-refractivity contribution is -0.168. The zero-order valence-corrected chi connectivity index (χ0v) is 8.97. The molecule has 3 nitrogen and oxygen atoms in total. The predicted octanol–water partition coefficient (Wildman–Crippen LogP) is 2.44. The van der Waals surface area contributed by atoms with Gasteiger partial charge in [0.15, 0.2) is 0 Å². The summed E-state index contributed by atoms with van der Waals surface area (Å²) < 4.78 is 4.51. The number of carbonyl (C=O) groups excluding carboxylic acids is 2. The Labute approximate surface area is 84.8 Å². The number of esters is 2. The van der Waals surface area contributed by atoms with E-state index in [0.717, 1.165) is 19.3 Å². The quantitative estimate of drug-likeness (QED) is 0.396. The third kappa shape index (κ3) is 3.13. The zero-order chi connectivity index (χ0) is 10.6. The van der Waals surface area contributed by atoms with Crippen LogP contribution in [-0.2, 0) is 14.3 Å². The second-order valence-corrected chi connectivity index (χ2v) is 4.47. The van der Waals surface area contributed by atoms with E-state index in [-0.39, 0.29) is 17.4 Å². The van der Waals surface area contributed by atoms with Crippen LogP contribution in [0.3, 0.4) is 0 Å². The number of hydrogen-bond donors (Lipinski definition) is 0. The maximum absolute atomic E-state index is 11.1. The van der Waals surface area contributed by atoms with E-state index in [1.165, 1.54) is 6.42 Å². The van der Waals surface area contributed by atoms with Crippen LogP contribution in [0.1, 0.15) is 52.4 Å². The molecule has 1 rings (SSSR count). The average molecular weight is 198 g/mol. The number of rotatable bonds is 4. The van der Waals surface area contributed by atoms with Gasteiger partial charge in [0, 0.05) is 0 Å². The van der Waals surface area contributed by atoms with Gasteiger partial charge in [-0.2, -0.15) is 0 Å². The van der Waals surface area contributed by atoms with Crippen molar-refractivity contribution >= 4 is 11.9 Å². The standard InChI is InChI=1S/C11H18O3/c1-3-4-5-6-11(2)7-9(12)14-10(13)8-11/h3-8H2,1-2H3. The van der Waals surface area contributed by atoms with Crippen LogP contribution in [0.4, 0.5) is 0 Å². The lowest BCUT2D eigenvalue weighted by Gasteiger charge is -2.30. The molecule has 0 N–H and O–H groups in total. The van der Waals surface area contributed by atoms with Crippen LogP contribution in [0.25, 0.3) is 0 Å². The first kappa shape index (κ1) is 11.2. The second kappa shape index (κ2) is 4.58. The van der Waals surface area contributed by atoms with Gasteiger partial charge in [-0.25, -0.2) is 0 Å². The Morgan fingerprint density at radius 1 is 1.21 bits per heavy atom. The van der Waals surface area contributed by atoms with Gasteiger partial charge in [-0.15, -0.1) is 0 Å². The molecule has 0 saturated carbocycles. The van der Waals surface area contributed by atoms with E-state index in [9.17, 15) is 9.59 Å². The molecule has 0 radical (unpaired) electrons. The maximum Gasteiger partial charge on any atom is 0.314 e. The number of unbranched alkanes of at least 4 members (excludes halogenated alkanes) is 2. The third-order valence-electron chi connectivity index (χ3n) is 2.75. The van der Waals surface area contributed by atoms with Crippen molar-refractivity contribution < 1.29 is 14.3 Å². The number of hydrogen-bond acceptors (Lipinski definition) is 3. The molecule has 1 aliphatic heterocycles. The Balaban J connectivity index is 2.46. The molecule has 0 spiro atoms. The molecular formula is C11H18O3. The highest BCUT2D eigenvalue weighted by Gasteiger charge is 2.36. The van der Waals surface area contributed by atoms with Crippen molar-refractivity contribution in [1.82, 2.24) is 0 Å². The monoisotopic (exact) mass is 198 g/mol. The maximum atomic E-state index is 11.1. The molecule has 0 amide bonds. The minimum absolute atomic E-state index is 0.151. The van der Waals surface area contributed by atoms with E-state index in [1.807, 2.05) is 6.92 Å². The minimum Gasteiger partial charge on any atom is -0.393 e. The Kier molecular flexibility index (Phi) is 3.67. The first-order chi connectivity index (χ1) is 6.56. The fourth-order valence-corrected chi connectivity index (χ4v) is 1.94. The fourth-order valence-electron chi connectivity index (χ4n) is 1.94. The third-order valence-corrected chi connectivity index (χ3v) is 2.75. The lowest BCUT2D eigenvalue weighted by Crippen LogP contribution is -2.33. The molecule has 0 atom stereocenters. The van der Waals surface area contributed by atoms with Crippen molar-refractivity contribution in [2.24, 2.45) is 5.41 Å². The molecule has 0 bridgehead atoms. The number of ether oxygens (including phenoxy) is 1. The molecule has 1 heterocycles. The van der Waals surface area contributed by atoms with Gasteiger partial charge in [0.1, 0.15) is 0 Å². The molecule has 0 aromatic heterocycles. The van der Waals surface area contributed by atoms with Crippen molar-refractivity contribution in [2.45, 2.75) is 52.4 Å². The first-order valence-electron chi connectivity index (χ1n) is 5.29. The Hall–Kier alpha value is -0.860. The molecule has 1 fully saturated rings. The molecule has 3 heteroatoms. The van der Waals surface area contributed by atoms with Crippen LogP contribution >= 0.6 is 0 Å². The Morgan fingerprint density at radius 2 is 1.79 bits per heavy atom.